The summed E-state index contributed by atoms with van der Waals surface area (Å²) in [5.74, 6) is 0.489. The Bertz CT molecular complexity index is 618. The highest BCUT2D eigenvalue weighted by Gasteiger charge is 2.06. The minimum Gasteiger partial charge on any atom is -0.384 e. The van der Waals surface area contributed by atoms with Crippen molar-refractivity contribution < 1.29 is 4.79 Å². The van der Waals surface area contributed by atoms with Crippen molar-refractivity contribution in [1.29, 1.82) is 0 Å². The number of benzene rings is 2. The Morgan fingerprint density at radius 2 is 1.73 bits per heavy atom. The van der Waals surface area contributed by atoms with Crippen molar-refractivity contribution >= 4 is 17.3 Å². The average molecular weight is 296 g/mol. The van der Waals surface area contributed by atoms with E-state index in [1.165, 1.54) is 11.1 Å². The van der Waals surface area contributed by atoms with Crippen LogP contribution in [0.5, 0.6) is 0 Å². The first-order chi connectivity index (χ1) is 10.6. The van der Waals surface area contributed by atoms with Crippen molar-refractivity contribution in [3.05, 3.63) is 59.7 Å². The summed E-state index contributed by atoms with van der Waals surface area (Å²) >= 11 is 0. The van der Waals surface area contributed by atoms with Gasteiger partial charge in [-0.05, 0) is 36.6 Å². The molecule has 0 unspecified atom stereocenters. The van der Waals surface area contributed by atoms with Crippen LogP contribution < -0.4 is 10.6 Å². The molecule has 0 aliphatic heterocycles. The van der Waals surface area contributed by atoms with E-state index in [2.05, 4.69) is 36.6 Å². The quantitative estimate of drug-likeness (QED) is 0.820. The lowest BCUT2D eigenvalue weighted by Crippen LogP contribution is -2.16. The second kappa shape index (κ2) is 7.64. The molecule has 3 heteroatoms. The summed E-state index contributed by atoms with van der Waals surface area (Å²) in [6, 6.07) is 16.1. The van der Waals surface area contributed by atoms with E-state index >= 15 is 0 Å². The van der Waals surface area contributed by atoms with Gasteiger partial charge in [0, 0.05) is 24.3 Å². The van der Waals surface area contributed by atoms with Crippen LogP contribution in [0.2, 0.25) is 0 Å². The molecule has 0 aliphatic carbocycles. The van der Waals surface area contributed by atoms with Crippen LogP contribution in [-0.4, -0.2) is 12.5 Å². The first-order valence-corrected chi connectivity index (χ1v) is 7.75. The van der Waals surface area contributed by atoms with E-state index in [1.807, 2.05) is 43.3 Å². The highest BCUT2D eigenvalue weighted by Crippen LogP contribution is 2.23. The zero-order valence-corrected chi connectivity index (χ0v) is 13.5. The molecular formula is C19H24N2O. The molecule has 0 fully saturated rings. The number of carbonyl (C=O) groups excluding carboxylic acids is 1. The maximum absolute atomic E-state index is 12.0. The second-order valence-electron chi connectivity index (χ2n) is 5.83. The van der Waals surface area contributed by atoms with Crippen molar-refractivity contribution in [1.82, 2.24) is 0 Å². The predicted octanol–water partition coefficient (Wildman–Crippen LogP) is 4.56. The fourth-order valence-corrected chi connectivity index (χ4v) is 2.33. The van der Waals surface area contributed by atoms with Crippen LogP contribution in [0.1, 0.15) is 37.3 Å². The summed E-state index contributed by atoms with van der Waals surface area (Å²) in [6.45, 7) is 7.00. The molecule has 0 radical (unpaired) electrons. The molecular weight excluding hydrogens is 272 g/mol. The first-order valence-electron chi connectivity index (χ1n) is 7.75. The lowest BCUT2D eigenvalue weighted by atomic mass is 10.0. The molecule has 3 nitrogen and oxygen atoms in total. The summed E-state index contributed by atoms with van der Waals surface area (Å²) < 4.78 is 0. The van der Waals surface area contributed by atoms with E-state index in [9.17, 15) is 4.79 Å². The normalized spacial score (nSPS) is 10.5. The fourth-order valence-electron chi connectivity index (χ4n) is 2.33. The maximum Gasteiger partial charge on any atom is 0.226 e. The minimum atomic E-state index is 0.0263. The van der Waals surface area contributed by atoms with Gasteiger partial charge in [-0.15, -0.1) is 0 Å². The van der Waals surface area contributed by atoms with Gasteiger partial charge in [0.2, 0.25) is 5.91 Å². The molecule has 0 spiro atoms. The number of amides is 1. The molecule has 0 saturated heterocycles. The Labute approximate surface area is 132 Å². The third-order valence-electron chi connectivity index (χ3n) is 3.59. The molecule has 2 rings (SSSR count). The van der Waals surface area contributed by atoms with Gasteiger partial charge in [0.05, 0.1) is 0 Å². The van der Waals surface area contributed by atoms with Crippen molar-refractivity contribution in [3.8, 4) is 0 Å². The van der Waals surface area contributed by atoms with Gasteiger partial charge in [-0.25, -0.2) is 0 Å². The van der Waals surface area contributed by atoms with Crippen molar-refractivity contribution in [2.75, 3.05) is 17.2 Å². The lowest BCUT2D eigenvalue weighted by Gasteiger charge is -2.14. The Balaban J connectivity index is 1.83. The van der Waals surface area contributed by atoms with Crippen LogP contribution in [0.4, 0.5) is 11.4 Å². The third-order valence-corrected chi connectivity index (χ3v) is 3.59. The molecule has 1 amide bonds. The summed E-state index contributed by atoms with van der Waals surface area (Å²) in [6.07, 6.45) is 0.445. The van der Waals surface area contributed by atoms with E-state index in [0.717, 1.165) is 11.4 Å². The fraction of sp³-hybridized carbons (Fsp3) is 0.316. The lowest BCUT2D eigenvalue weighted by molar-refractivity contribution is -0.115. The van der Waals surface area contributed by atoms with Gasteiger partial charge in [-0.1, -0.05) is 49.7 Å². The third kappa shape index (κ3) is 4.62. The molecule has 22 heavy (non-hydrogen) atoms. The van der Waals surface area contributed by atoms with Crippen LogP contribution >= 0.6 is 0 Å². The SMILES string of the molecule is Cc1ccc(NC(=O)CCNc2ccccc2C(C)C)cc1. The average Bonchev–Trinajstić information content (AvgIpc) is 2.50. The number of hydrogen-bond donors (Lipinski definition) is 2. The number of nitrogens with one attached hydrogen (secondary N) is 2. The van der Waals surface area contributed by atoms with Gasteiger partial charge in [0.25, 0.3) is 0 Å². The van der Waals surface area contributed by atoms with Gasteiger partial charge in [-0.2, -0.15) is 0 Å². The zero-order chi connectivity index (χ0) is 15.9. The maximum atomic E-state index is 12.0. The summed E-state index contributed by atoms with van der Waals surface area (Å²) in [5, 5.41) is 6.27. The van der Waals surface area contributed by atoms with E-state index in [0.29, 0.717) is 18.9 Å². The van der Waals surface area contributed by atoms with Crippen LogP contribution in [0.3, 0.4) is 0 Å². The highest BCUT2D eigenvalue weighted by molar-refractivity contribution is 5.91. The van der Waals surface area contributed by atoms with E-state index in [4.69, 9.17) is 0 Å². The largest absolute Gasteiger partial charge is 0.384 e. The molecule has 0 aliphatic rings. The predicted molar refractivity (Wildman–Crippen MR) is 93.4 cm³/mol. The van der Waals surface area contributed by atoms with Crippen LogP contribution in [0, 0.1) is 6.92 Å². The zero-order valence-electron chi connectivity index (χ0n) is 13.5. The number of rotatable bonds is 6. The molecule has 0 atom stereocenters. The van der Waals surface area contributed by atoms with Crippen molar-refractivity contribution in [2.45, 2.75) is 33.1 Å². The Morgan fingerprint density at radius 3 is 2.41 bits per heavy atom. The monoisotopic (exact) mass is 296 g/mol. The van der Waals surface area contributed by atoms with Crippen molar-refractivity contribution in [2.24, 2.45) is 0 Å². The van der Waals surface area contributed by atoms with Crippen molar-refractivity contribution in [3.63, 3.8) is 0 Å². The summed E-state index contributed by atoms with van der Waals surface area (Å²) in [4.78, 5) is 12.0. The number of anilines is 2. The summed E-state index contributed by atoms with van der Waals surface area (Å²) in [7, 11) is 0. The molecule has 0 saturated carbocycles. The van der Waals surface area contributed by atoms with E-state index in [1.54, 1.807) is 0 Å². The van der Waals surface area contributed by atoms with Crippen LogP contribution in [0.25, 0.3) is 0 Å². The Hall–Kier alpha value is -2.29. The van der Waals surface area contributed by atoms with Crippen LogP contribution in [-0.2, 0) is 4.79 Å². The van der Waals surface area contributed by atoms with Crippen LogP contribution in [0.15, 0.2) is 48.5 Å². The molecule has 2 N–H and O–H groups in total. The topological polar surface area (TPSA) is 41.1 Å². The molecule has 2 aromatic rings. The molecule has 2 aromatic carbocycles. The number of para-hydroxylation sites is 1. The van der Waals surface area contributed by atoms with E-state index in [-0.39, 0.29) is 5.91 Å². The van der Waals surface area contributed by atoms with Gasteiger partial charge < -0.3 is 10.6 Å². The molecule has 116 valence electrons. The number of aryl methyl sites for hydroxylation is 1. The summed E-state index contributed by atoms with van der Waals surface area (Å²) in [5.41, 5.74) is 4.42. The molecule has 0 aromatic heterocycles. The van der Waals surface area contributed by atoms with Gasteiger partial charge in [0.1, 0.15) is 0 Å². The number of carbonyl (C=O) groups is 1. The highest BCUT2D eigenvalue weighted by atomic mass is 16.1. The second-order valence-corrected chi connectivity index (χ2v) is 5.83. The smallest absolute Gasteiger partial charge is 0.226 e. The van der Waals surface area contributed by atoms with Gasteiger partial charge in [-0.3, -0.25) is 4.79 Å². The standard InChI is InChI=1S/C19H24N2O/c1-14(2)17-6-4-5-7-18(17)20-13-12-19(22)21-16-10-8-15(3)9-11-16/h4-11,14,20H,12-13H2,1-3H3,(H,21,22). The van der Waals surface area contributed by atoms with Gasteiger partial charge in [0.15, 0.2) is 0 Å². The molecule has 0 bridgehead atoms. The first kappa shape index (κ1) is 16.1. The Morgan fingerprint density at radius 1 is 1.05 bits per heavy atom. The van der Waals surface area contributed by atoms with E-state index < -0.39 is 0 Å². The van der Waals surface area contributed by atoms with Gasteiger partial charge >= 0.3 is 0 Å². The molecule has 0 heterocycles. The number of hydrogen-bond acceptors (Lipinski definition) is 2. The minimum absolute atomic E-state index is 0.0263. The Kier molecular flexibility index (Phi) is 5.59.